The number of aryl methyl sites for hydroxylation is 1. The molecule has 0 spiro atoms. The zero-order valence-corrected chi connectivity index (χ0v) is 8.62. The molecule has 0 N–H and O–H groups in total. The second-order valence-electron chi connectivity index (χ2n) is 3.64. The maximum atomic E-state index is 5.82. The second-order valence-corrected chi connectivity index (χ2v) is 3.64. The number of hydrogen-bond acceptors (Lipinski definition) is 3. The van der Waals surface area contributed by atoms with Crippen LogP contribution in [-0.4, -0.2) is 18.2 Å². The van der Waals surface area contributed by atoms with Crippen molar-refractivity contribution in [2.45, 2.75) is 32.3 Å². The Kier molecular flexibility index (Phi) is 2.57. The molecular weight excluding hydrogens is 178 g/mol. The fourth-order valence-electron chi connectivity index (χ4n) is 1.46. The van der Waals surface area contributed by atoms with Gasteiger partial charge in [-0.2, -0.15) is 0 Å². The number of hydrogen-bond donors (Lipinski definition) is 0. The third-order valence-electron chi connectivity index (χ3n) is 2.60. The molecule has 0 aromatic carbocycles. The van der Waals surface area contributed by atoms with Gasteiger partial charge < -0.3 is 9.47 Å². The Morgan fingerprint density at radius 1 is 1.43 bits per heavy atom. The van der Waals surface area contributed by atoms with Gasteiger partial charge in [0.05, 0.1) is 13.2 Å². The predicted octanol–water partition coefficient (Wildman–Crippen LogP) is 2.33. The molecule has 0 amide bonds. The van der Waals surface area contributed by atoms with Crippen LogP contribution in [-0.2, 0) is 0 Å². The fourth-order valence-corrected chi connectivity index (χ4v) is 1.46. The van der Waals surface area contributed by atoms with Crippen LogP contribution in [0.2, 0.25) is 0 Å². The van der Waals surface area contributed by atoms with Crippen molar-refractivity contribution in [3.8, 4) is 11.6 Å². The van der Waals surface area contributed by atoms with Crippen molar-refractivity contribution in [2.75, 3.05) is 7.11 Å². The van der Waals surface area contributed by atoms with Gasteiger partial charge in [0.25, 0.3) is 5.88 Å². The van der Waals surface area contributed by atoms with E-state index in [1.54, 1.807) is 13.3 Å². The molecule has 1 aliphatic rings. The largest absolute Gasteiger partial charge is 0.485 e. The van der Waals surface area contributed by atoms with E-state index in [1.165, 1.54) is 6.42 Å². The molecule has 1 aliphatic carbocycles. The summed E-state index contributed by atoms with van der Waals surface area (Å²) in [5.74, 6) is 1.40. The average Bonchev–Trinajstić information content (AvgIpc) is 2.12. The Hall–Kier alpha value is -1.25. The van der Waals surface area contributed by atoms with E-state index in [9.17, 15) is 0 Å². The smallest absolute Gasteiger partial charge is 0.257 e. The second kappa shape index (κ2) is 3.86. The minimum Gasteiger partial charge on any atom is -0.485 e. The van der Waals surface area contributed by atoms with E-state index in [4.69, 9.17) is 9.47 Å². The van der Waals surface area contributed by atoms with E-state index in [0.29, 0.717) is 12.0 Å². The summed E-state index contributed by atoms with van der Waals surface area (Å²) in [6.07, 6.45) is 5.68. The van der Waals surface area contributed by atoms with Crippen molar-refractivity contribution < 1.29 is 9.47 Å². The van der Waals surface area contributed by atoms with Crippen molar-refractivity contribution in [3.05, 3.63) is 17.8 Å². The SMILES string of the molecule is COc1nccc(C)c1OC1CCC1. The lowest BCUT2D eigenvalue weighted by atomic mass is 9.96. The summed E-state index contributed by atoms with van der Waals surface area (Å²) in [6.45, 7) is 2.01. The van der Waals surface area contributed by atoms with Crippen LogP contribution in [0.1, 0.15) is 24.8 Å². The molecule has 3 heteroatoms. The van der Waals surface area contributed by atoms with Gasteiger partial charge in [-0.05, 0) is 37.8 Å². The molecule has 0 radical (unpaired) electrons. The van der Waals surface area contributed by atoms with Crippen LogP contribution in [0, 0.1) is 6.92 Å². The van der Waals surface area contributed by atoms with Gasteiger partial charge in [0.15, 0.2) is 5.75 Å². The van der Waals surface area contributed by atoms with Crippen LogP contribution in [0.3, 0.4) is 0 Å². The van der Waals surface area contributed by atoms with E-state index in [-0.39, 0.29) is 0 Å². The van der Waals surface area contributed by atoms with Crippen LogP contribution in [0.4, 0.5) is 0 Å². The maximum Gasteiger partial charge on any atom is 0.257 e. The Morgan fingerprint density at radius 2 is 2.21 bits per heavy atom. The first-order chi connectivity index (χ1) is 6.81. The van der Waals surface area contributed by atoms with E-state index in [2.05, 4.69) is 4.98 Å². The lowest BCUT2D eigenvalue weighted by Crippen LogP contribution is -2.25. The van der Waals surface area contributed by atoms with Crippen LogP contribution >= 0.6 is 0 Å². The lowest BCUT2D eigenvalue weighted by molar-refractivity contribution is 0.114. The molecule has 1 fully saturated rings. The zero-order valence-electron chi connectivity index (χ0n) is 8.62. The molecule has 76 valence electrons. The summed E-state index contributed by atoms with van der Waals surface area (Å²) in [7, 11) is 1.62. The Balaban J connectivity index is 2.19. The molecular formula is C11H15NO2. The quantitative estimate of drug-likeness (QED) is 0.738. The first-order valence-corrected chi connectivity index (χ1v) is 4.97. The van der Waals surface area contributed by atoms with Crippen LogP contribution in [0.5, 0.6) is 11.6 Å². The molecule has 0 saturated heterocycles. The summed E-state index contributed by atoms with van der Waals surface area (Å²) in [5, 5.41) is 0. The van der Waals surface area contributed by atoms with Crippen LogP contribution in [0.15, 0.2) is 12.3 Å². The third-order valence-corrected chi connectivity index (χ3v) is 2.60. The molecule has 14 heavy (non-hydrogen) atoms. The van der Waals surface area contributed by atoms with E-state index < -0.39 is 0 Å². The molecule has 1 saturated carbocycles. The van der Waals surface area contributed by atoms with Gasteiger partial charge in [0, 0.05) is 6.20 Å². The van der Waals surface area contributed by atoms with Gasteiger partial charge in [-0.3, -0.25) is 0 Å². The van der Waals surface area contributed by atoms with E-state index >= 15 is 0 Å². The topological polar surface area (TPSA) is 31.4 Å². The van der Waals surface area contributed by atoms with E-state index in [0.717, 1.165) is 24.2 Å². The molecule has 0 unspecified atom stereocenters. The molecule has 0 bridgehead atoms. The van der Waals surface area contributed by atoms with Crippen LogP contribution in [0.25, 0.3) is 0 Å². The predicted molar refractivity (Wildman–Crippen MR) is 53.8 cm³/mol. The molecule has 0 aliphatic heterocycles. The Labute approximate surface area is 84.1 Å². The number of pyridine rings is 1. The maximum absolute atomic E-state index is 5.82. The molecule has 0 atom stereocenters. The number of rotatable bonds is 3. The summed E-state index contributed by atoms with van der Waals surface area (Å²) in [6, 6.07) is 1.94. The van der Waals surface area contributed by atoms with Crippen molar-refractivity contribution in [1.29, 1.82) is 0 Å². The summed E-state index contributed by atoms with van der Waals surface area (Å²) in [5.41, 5.74) is 1.09. The van der Waals surface area contributed by atoms with Gasteiger partial charge >= 0.3 is 0 Å². The standard InChI is InChI=1S/C11H15NO2/c1-8-6-7-12-11(13-2)10(8)14-9-4-3-5-9/h6-7,9H,3-5H2,1-2H3. The first kappa shape index (κ1) is 9.31. The number of ether oxygens (including phenoxy) is 2. The number of nitrogens with zero attached hydrogens (tertiary/aromatic N) is 1. The Bertz CT molecular complexity index is 321. The minimum absolute atomic E-state index is 0.367. The molecule has 2 rings (SSSR count). The monoisotopic (exact) mass is 193 g/mol. The fraction of sp³-hybridized carbons (Fsp3) is 0.545. The molecule has 3 nitrogen and oxygen atoms in total. The van der Waals surface area contributed by atoms with Crippen molar-refractivity contribution >= 4 is 0 Å². The number of methoxy groups -OCH3 is 1. The summed E-state index contributed by atoms with van der Waals surface area (Å²) < 4.78 is 11.0. The first-order valence-electron chi connectivity index (χ1n) is 4.97. The van der Waals surface area contributed by atoms with Gasteiger partial charge in [0.2, 0.25) is 0 Å². The van der Waals surface area contributed by atoms with Gasteiger partial charge in [-0.25, -0.2) is 4.98 Å². The van der Waals surface area contributed by atoms with Gasteiger partial charge in [0.1, 0.15) is 0 Å². The summed E-state index contributed by atoms with van der Waals surface area (Å²) >= 11 is 0. The highest BCUT2D eigenvalue weighted by molar-refractivity contribution is 5.40. The van der Waals surface area contributed by atoms with E-state index in [1.807, 2.05) is 13.0 Å². The van der Waals surface area contributed by atoms with Gasteiger partial charge in [-0.15, -0.1) is 0 Å². The van der Waals surface area contributed by atoms with Crippen molar-refractivity contribution in [2.24, 2.45) is 0 Å². The van der Waals surface area contributed by atoms with Crippen molar-refractivity contribution in [3.63, 3.8) is 0 Å². The molecule has 1 heterocycles. The van der Waals surface area contributed by atoms with Crippen LogP contribution < -0.4 is 9.47 Å². The average molecular weight is 193 g/mol. The Morgan fingerprint density at radius 3 is 2.79 bits per heavy atom. The normalized spacial score (nSPS) is 16.1. The van der Waals surface area contributed by atoms with Gasteiger partial charge in [-0.1, -0.05) is 0 Å². The summed E-state index contributed by atoms with van der Waals surface area (Å²) in [4.78, 5) is 4.12. The molecule has 1 aromatic heterocycles. The third kappa shape index (κ3) is 1.67. The highest BCUT2D eigenvalue weighted by Crippen LogP contribution is 2.33. The lowest BCUT2D eigenvalue weighted by Gasteiger charge is -2.27. The highest BCUT2D eigenvalue weighted by atomic mass is 16.5. The zero-order chi connectivity index (χ0) is 9.97. The van der Waals surface area contributed by atoms with Crippen molar-refractivity contribution in [1.82, 2.24) is 4.98 Å². The number of aromatic nitrogens is 1. The highest BCUT2D eigenvalue weighted by Gasteiger charge is 2.21. The molecule has 1 aromatic rings. The minimum atomic E-state index is 0.367.